The number of carbonyl (C=O) groups is 1. The van der Waals surface area contributed by atoms with Crippen molar-refractivity contribution in [1.82, 2.24) is 5.32 Å². The first kappa shape index (κ1) is 8.05. The Morgan fingerprint density at radius 1 is 1.23 bits per heavy atom. The molecule has 1 heterocycles. The third kappa shape index (κ3) is 1.78. The maximum atomic E-state index is 11.1. The van der Waals surface area contributed by atoms with Gasteiger partial charge in [-0.15, -0.1) is 0 Å². The van der Waals surface area contributed by atoms with Crippen molar-refractivity contribution < 1.29 is 4.79 Å². The summed E-state index contributed by atoms with van der Waals surface area (Å²) >= 11 is 0. The molecule has 1 aliphatic heterocycles. The highest BCUT2D eigenvalue weighted by Crippen LogP contribution is 2.16. The molecule has 0 aromatic heterocycles. The molecular weight excluding hydrogens is 162 g/mol. The highest BCUT2D eigenvalue weighted by molar-refractivity contribution is 5.79. The zero-order chi connectivity index (χ0) is 9.10. The van der Waals surface area contributed by atoms with Crippen molar-refractivity contribution in [1.29, 1.82) is 0 Å². The largest absolute Gasteiger partial charge is 0.346 e. The second kappa shape index (κ2) is 3.44. The van der Waals surface area contributed by atoms with E-state index >= 15 is 0 Å². The lowest BCUT2D eigenvalue weighted by Gasteiger charge is -2.18. The van der Waals surface area contributed by atoms with Gasteiger partial charge in [-0.3, -0.25) is 4.79 Å². The molecule has 1 atom stereocenters. The molecule has 2 heteroatoms. The Kier molecular flexibility index (Phi) is 2.13. The summed E-state index contributed by atoms with van der Waals surface area (Å²) in [5.74, 6) is 0.0938. The predicted molar refractivity (Wildman–Crippen MR) is 51.1 cm³/mol. The smallest absolute Gasteiger partial charge is 0.224 e. The van der Waals surface area contributed by atoms with Crippen molar-refractivity contribution in [2.75, 3.05) is 0 Å². The minimum atomic E-state index is 0.0578. The molecule has 0 radical (unpaired) electrons. The Bertz CT molecular complexity index is 329. The van der Waals surface area contributed by atoms with Crippen LogP contribution < -0.4 is 5.32 Å². The summed E-state index contributed by atoms with van der Waals surface area (Å²) in [7, 11) is 0. The van der Waals surface area contributed by atoms with Gasteiger partial charge >= 0.3 is 0 Å². The minimum absolute atomic E-state index is 0.0578. The van der Waals surface area contributed by atoms with Gasteiger partial charge in [-0.2, -0.15) is 0 Å². The van der Waals surface area contributed by atoms with Crippen LogP contribution in [0.1, 0.15) is 18.0 Å². The summed E-state index contributed by atoms with van der Waals surface area (Å²) in [4.78, 5) is 11.1. The molecule has 1 aromatic carbocycles. The maximum Gasteiger partial charge on any atom is 0.224 e. The molecule has 0 aliphatic carbocycles. The van der Waals surface area contributed by atoms with E-state index in [0.717, 1.165) is 5.56 Å². The summed E-state index contributed by atoms with van der Waals surface area (Å²) in [6, 6.07) is 10.0. The average Bonchev–Trinajstić information content (AvgIpc) is 2.19. The van der Waals surface area contributed by atoms with Gasteiger partial charge in [0.2, 0.25) is 5.91 Å². The molecule has 1 aromatic rings. The van der Waals surface area contributed by atoms with Gasteiger partial charge in [0.25, 0.3) is 0 Å². The fourth-order valence-electron chi connectivity index (χ4n) is 1.45. The van der Waals surface area contributed by atoms with Gasteiger partial charge in [-0.05, 0) is 5.56 Å². The highest BCUT2D eigenvalue weighted by atomic mass is 16.1. The minimum Gasteiger partial charge on any atom is -0.346 e. The maximum absolute atomic E-state index is 11.1. The summed E-state index contributed by atoms with van der Waals surface area (Å²) in [5, 5.41) is 2.91. The standard InChI is InChI=1S/C11H11NO/c13-11-8-4-7-10(12-11)9-5-2-1-3-6-9/h1-7,10H,8H2,(H,12,13)/t10-/m1/s1. The lowest BCUT2D eigenvalue weighted by Crippen LogP contribution is -2.29. The van der Waals surface area contributed by atoms with Crippen LogP contribution in [0, 0.1) is 0 Å². The van der Waals surface area contributed by atoms with Gasteiger partial charge in [0.15, 0.2) is 0 Å². The monoisotopic (exact) mass is 173 g/mol. The normalized spacial score (nSPS) is 21.2. The zero-order valence-corrected chi connectivity index (χ0v) is 7.23. The van der Waals surface area contributed by atoms with Crippen molar-refractivity contribution in [3.8, 4) is 0 Å². The van der Waals surface area contributed by atoms with E-state index in [2.05, 4.69) is 5.32 Å². The Balaban J connectivity index is 2.22. The number of hydrogen-bond acceptors (Lipinski definition) is 1. The van der Waals surface area contributed by atoms with Gasteiger partial charge in [0.05, 0.1) is 6.04 Å². The van der Waals surface area contributed by atoms with E-state index in [9.17, 15) is 4.79 Å². The molecule has 1 N–H and O–H groups in total. The first-order chi connectivity index (χ1) is 6.36. The topological polar surface area (TPSA) is 29.1 Å². The third-order valence-corrected chi connectivity index (χ3v) is 2.11. The highest BCUT2D eigenvalue weighted by Gasteiger charge is 2.13. The number of benzene rings is 1. The average molecular weight is 173 g/mol. The van der Waals surface area contributed by atoms with Gasteiger partial charge in [0.1, 0.15) is 0 Å². The first-order valence-corrected chi connectivity index (χ1v) is 4.37. The van der Waals surface area contributed by atoms with Crippen molar-refractivity contribution in [2.24, 2.45) is 0 Å². The molecular formula is C11H11NO. The number of carbonyl (C=O) groups excluding carboxylic acids is 1. The first-order valence-electron chi connectivity index (χ1n) is 4.37. The summed E-state index contributed by atoms with van der Waals surface area (Å²) in [6.45, 7) is 0. The Morgan fingerprint density at radius 3 is 2.69 bits per heavy atom. The summed E-state index contributed by atoms with van der Waals surface area (Å²) in [6.07, 6.45) is 4.44. The van der Waals surface area contributed by atoms with Crippen LogP contribution in [0.2, 0.25) is 0 Å². The SMILES string of the molecule is O=C1CC=C[C@H](c2ccccc2)N1. The van der Waals surface area contributed by atoms with E-state index in [1.54, 1.807) is 0 Å². The van der Waals surface area contributed by atoms with E-state index in [1.807, 2.05) is 42.5 Å². The number of hydrogen-bond donors (Lipinski definition) is 1. The van der Waals surface area contributed by atoms with E-state index in [4.69, 9.17) is 0 Å². The summed E-state index contributed by atoms with van der Waals surface area (Å²) < 4.78 is 0. The van der Waals surface area contributed by atoms with Crippen LogP contribution in [0.4, 0.5) is 0 Å². The molecule has 1 amide bonds. The van der Waals surface area contributed by atoms with Crippen molar-refractivity contribution in [3.63, 3.8) is 0 Å². The molecule has 0 spiro atoms. The Labute approximate surface area is 77.3 Å². The van der Waals surface area contributed by atoms with Gasteiger partial charge in [-0.25, -0.2) is 0 Å². The van der Waals surface area contributed by atoms with Crippen molar-refractivity contribution in [3.05, 3.63) is 48.0 Å². The molecule has 66 valence electrons. The van der Waals surface area contributed by atoms with Crippen molar-refractivity contribution in [2.45, 2.75) is 12.5 Å². The van der Waals surface area contributed by atoms with Crippen LogP contribution in [-0.2, 0) is 4.79 Å². The molecule has 0 saturated heterocycles. The third-order valence-electron chi connectivity index (χ3n) is 2.11. The van der Waals surface area contributed by atoms with Crippen molar-refractivity contribution >= 4 is 5.91 Å². The number of amides is 1. The molecule has 2 nitrogen and oxygen atoms in total. The van der Waals surface area contributed by atoms with Crippen LogP contribution in [0.5, 0.6) is 0 Å². The Morgan fingerprint density at radius 2 is 2.00 bits per heavy atom. The van der Waals surface area contributed by atoms with E-state index in [1.165, 1.54) is 0 Å². The lowest BCUT2D eigenvalue weighted by atomic mass is 10.0. The quantitative estimate of drug-likeness (QED) is 0.645. The fraction of sp³-hybridized carbons (Fsp3) is 0.182. The number of nitrogens with one attached hydrogen (secondary N) is 1. The second-order valence-corrected chi connectivity index (χ2v) is 3.09. The predicted octanol–water partition coefficient (Wildman–Crippen LogP) is 1.80. The summed E-state index contributed by atoms with van der Waals surface area (Å²) in [5.41, 5.74) is 1.13. The molecule has 1 aliphatic rings. The molecule has 13 heavy (non-hydrogen) atoms. The van der Waals surface area contributed by atoms with Crippen LogP contribution in [0.15, 0.2) is 42.5 Å². The molecule has 0 saturated carbocycles. The van der Waals surface area contributed by atoms with Gasteiger partial charge in [0, 0.05) is 6.42 Å². The van der Waals surface area contributed by atoms with Crippen LogP contribution in [0.3, 0.4) is 0 Å². The zero-order valence-electron chi connectivity index (χ0n) is 7.23. The van der Waals surface area contributed by atoms with E-state index in [-0.39, 0.29) is 11.9 Å². The fourth-order valence-corrected chi connectivity index (χ4v) is 1.45. The van der Waals surface area contributed by atoms with Gasteiger partial charge in [-0.1, -0.05) is 42.5 Å². The molecule has 2 rings (SSSR count). The number of rotatable bonds is 1. The van der Waals surface area contributed by atoms with Crippen LogP contribution in [-0.4, -0.2) is 5.91 Å². The molecule has 0 unspecified atom stereocenters. The van der Waals surface area contributed by atoms with Crippen LogP contribution in [0.25, 0.3) is 0 Å². The van der Waals surface area contributed by atoms with Crippen LogP contribution >= 0.6 is 0 Å². The lowest BCUT2D eigenvalue weighted by molar-refractivity contribution is -0.121. The Hall–Kier alpha value is -1.57. The van der Waals surface area contributed by atoms with E-state index < -0.39 is 0 Å². The molecule has 0 fully saturated rings. The van der Waals surface area contributed by atoms with Gasteiger partial charge < -0.3 is 5.32 Å². The second-order valence-electron chi connectivity index (χ2n) is 3.09. The van der Waals surface area contributed by atoms with E-state index in [0.29, 0.717) is 6.42 Å². The molecule has 0 bridgehead atoms.